The van der Waals surface area contributed by atoms with E-state index < -0.39 is 39.9 Å². The molecule has 5 rings (SSSR count). The number of rotatable bonds is 2. The first kappa shape index (κ1) is 24.8. The Morgan fingerprint density at radius 1 is 1.00 bits per heavy atom. The molecule has 0 radical (unpaired) electrons. The minimum Gasteiger partial charge on any atom is -0.506 e. The van der Waals surface area contributed by atoms with Gasteiger partial charge in [-0.05, 0) is 50.2 Å². The molecule has 1 amide bonds. The van der Waals surface area contributed by atoms with Gasteiger partial charge in [0, 0.05) is 24.2 Å². The molecule has 1 spiro atoms. The molecule has 1 aromatic rings. The normalized spacial score (nSPS) is 27.4. The van der Waals surface area contributed by atoms with Crippen LogP contribution in [0.4, 0.5) is 10.1 Å². The largest absolute Gasteiger partial charge is 0.506 e. The number of nitrogens with zero attached hydrogens (tertiary/aromatic N) is 2. The average Bonchev–Trinajstić information content (AvgIpc) is 3.09. The summed E-state index contributed by atoms with van der Waals surface area (Å²) in [6.07, 6.45) is 15.5. The highest BCUT2D eigenvalue weighted by atomic mass is 32.2. The van der Waals surface area contributed by atoms with Crippen LogP contribution in [0.3, 0.4) is 0 Å². The molecule has 0 bridgehead atoms. The van der Waals surface area contributed by atoms with Crippen molar-refractivity contribution in [1.82, 2.24) is 14.9 Å². The lowest BCUT2D eigenvalue weighted by Gasteiger charge is -2.48. The smallest absolute Gasteiger partial charge is 0.326 e. The quantitative estimate of drug-likeness (QED) is 0.566. The van der Waals surface area contributed by atoms with Crippen molar-refractivity contribution in [3.8, 4) is 5.75 Å². The minimum atomic E-state index is -4.22. The molecule has 3 aliphatic heterocycles. The van der Waals surface area contributed by atoms with Crippen LogP contribution in [0.25, 0.3) is 0 Å². The Bertz CT molecular complexity index is 1070. The summed E-state index contributed by atoms with van der Waals surface area (Å²) in [4.78, 5) is 14.0. The molecule has 1 aliphatic carbocycles. The maximum atomic E-state index is 15.8. The SMILES string of the molecule is O=C1CN(c2c(O)cc3c(c2F)CN(C2CCCC4(CCCCCCCCC4)N2)CC3)S(=O)(=O)N1. The number of phenols is 1. The molecule has 194 valence electrons. The van der Waals surface area contributed by atoms with E-state index in [1.165, 1.54) is 70.3 Å². The lowest BCUT2D eigenvalue weighted by Crippen LogP contribution is -2.60. The van der Waals surface area contributed by atoms with Crippen molar-refractivity contribution in [2.24, 2.45) is 0 Å². The van der Waals surface area contributed by atoms with E-state index in [0.29, 0.717) is 28.4 Å². The van der Waals surface area contributed by atoms with Crippen molar-refractivity contribution in [2.75, 3.05) is 17.4 Å². The summed E-state index contributed by atoms with van der Waals surface area (Å²) in [5, 5.41) is 14.5. The first-order valence-corrected chi connectivity index (χ1v) is 14.6. The Hall–Kier alpha value is -1.91. The van der Waals surface area contributed by atoms with Crippen LogP contribution in [-0.2, 0) is 28.0 Å². The Morgan fingerprint density at radius 3 is 2.31 bits per heavy atom. The number of phenolic OH excluding ortho intramolecular Hbond substituents is 1. The molecule has 3 heterocycles. The van der Waals surface area contributed by atoms with Gasteiger partial charge in [-0.3, -0.25) is 15.0 Å². The van der Waals surface area contributed by atoms with Crippen molar-refractivity contribution in [2.45, 2.75) is 102 Å². The maximum Gasteiger partial charge on any atom is 0.326 e. The summed E-state index contributed by atoms with van der Waals surface area (Å²) >= 11 is 0. The molecule has 4 aliphatic rings. The van der Waals surface area contributed by atoms with Crippen LogP contribution in [-0.4, -0.2) is 49.1 Å². The van der Waals surface area contributed by atoms with E-state index in [4.69, 9.17) is 0 Å². The molecule has 3 fully saturated rings. The van der Waals surface area contributed by atoms with Crippen molar-refractivity contribution in [1.29, 1.82) is 0 Å². The van der Waals surface area contributed by atoms with Gasteiger partial charge in [0.15, 0.2) is 5.82 Å². The summed E-state index contributed by atoms with van der Waals surface area (Å²) in [5.41, 5.74) is 0.810. The zero-order chi connectivity index (χ0) is 24.6. The van der Waals surface area contributed by atoms with Gasteiger partial charge in [0.1, 0.15) is 18.0 Å². The molecule has 10 heteroatoms. The van der Waals surface area contributed by atoms with Gasteiger partial charge in [-0.1, -0.05) is 44.9 Å². The summed E-state index contributed by atoms with van der Waals surface area (Å²) in [6, 6.07) is 1.46. The van der Waals surface area contributed by atoms with E-state index in [1.54, 1.807) is 0 Å². The fourth-order valence-electron chi connectivity index (χ4n) is 6.54. The third-order valence-corrected chi connectivity index (χ3v) is 9.75. The van der Waals surface area contributed by atoms with Gasteiger partial charge < -0.3 is 5.11 Å². The van der Waals surface area contributed by atoms with Crippen LogP contribution in [0.2, 0.25) is 0 Å². The van der Waals surface area contributed by atoms with Crippen LogP contribution in [0.5, 0.6) is 5.75 Å². The van der Waals surface area contributed by atoms with Gasteiger partial charge in [-0.25, -0.2) is 13.4 Å². The van der Waals surface area contributed by atoms with Gasteiger partial charge in [-0.15, -0.1) is 0 Å². The second kappa shape index (κ2) is 9.86. The highest BCUT2D eigenvalue weighted by Crippen LogP contribution is 2.40. The highest BCUT2D eigenvalue weighted by Gasteiger charge is 2.41. The molecule has 1 atom stereocenters. The lowest BCUT2D eigenvalue weighted by molar-refractivity contribution is -0.117. The molecule has 3 N–H and O–H groups in total. The fourth-order valence-corrected chi connectivity index (χ4v) is 7.71. The summed E-state index contributed by atoms with van der Waals surface area (Å²) in [5.74, 6) is -1.95. The number of hydrogen-bond donors (Lipinski definition) is 3. The number of amides is 1. The number of nitrogens with one attached hydrogen (secondary N) is 2. The second-order valence-electron chi connectivity index (χ2n) is 10.8. The van der Waals surface area contributed by atoms with E-state index >= 15 is 4.39 Å². The number of carbonyl (C=O) groups excluding carboxylic acids is 1. The third-order valence-electron chi connectivity index (χ3n) is 8.37. The van der Waals surface area contributed by atoms with Crippen molar-refractivity contribution in [3.05, 3.63) is 23.0 Å². The lowest BCUT2D eigenvalue weighted by atomic mass is 9.78. The molecule has 35 heavy (non-hydrogen) atoms. The van der Waals surface area contributed by atoms with E-state index in [0.717, 1.165) is 19.4 Å². The molecule has 1 unspecified atom stereocenters. The van der Waals surface area contributed by atoms with Crippen molar-refractivity contribution >= 4 is 21.8 Å². The zero-order valence-electron chi connectivity index (χ0n) is 20.3. The third kappa shape index (κ3) is 5.02. The minimum absolute atomic E-state index is 0.148. The van der Waals surface area contributed by atoms with Gasteiger partial charge in [0.05, 0.1) is 6.17 Å². The maximum absolute atomic E-state index is 15.8. The van der Waals surface area contributed by atoms with Gasteiger partial charge in [0.2, 0.25) is 0 Å². The molecular formula is C25H37FN4O4S. The Labute approximate surface area is 207 Å². The van der Waals surface area contributed by atoms with Gasteiger partial charge in [-0.2, -0.15) is 8.42 Å². The highest BCUT2D eigenvalue weighted by molar-refractivity contribution is 7.92. The van der Waals surface area contributed by atoms with Gasteiger partial charge >= 0.3 is 10.2 Å². The number of fused-ring (bicyclic) bond motifs is 1. The molecule has 1 saturated carbocycles. The molecular weight excluding hydrogens is 471 g/mol. The van der Waals surface area contributed by atoms with E-state index in [-0.39, 0.29) is 11.7 Å². The molecule has 1 aromatic carbocycles. The number of piperidine rings is 1. The topological polar surface area (TPSA) is 102 Å². The van der Waals surface area contributed by atoms with Crippen LogP contribution < -0.4 is 14.3 Å². The fraction of sp³-hybridized carbons (Fsp3) is 0.720. The van der Waals surface area contributed by atoms with Crippen molar-refractivity contribution in [3.63, 3.8) is 0 Å². The predicted octanol–water partition coefficient (Wildman–Crippen LogP) is 3.43. The number of hydrogen-bond acceptors (Lipinski definition) is 6. The summed E-state index contributed by atoms with van der Waals surface area (Å²) in [6.45, 7) is 0.556. The number of halogens is 1. The molecule has 2 saturated heterocycles. The van der Waals surface area contributed by atoms with Gasteiger partial charge in [0.25, 0.3) is 5.91 Å². The van der Waals surface area contributed by atoms with E-state index in [1.807, 2.05) is 4.72 Å². The van der Waals surface area contributed by atoms with E-state index in [2.05, 4.69) is 10.2 Å². The summed E-state index contributed by atoms with van der Waals surface area (Å²) in [7, 11) is -4.22. The number of carbonyl (C=O) groups is 1. The Kier molecular flexibility index (Phi) is 6.98. The van der Waals surface area contributed by atoms with Crippen LogP contribution in [0.1, 0.15) is 88.2 Å². The first-order chi connectivity index (χ1) is 16.8. The van der Waals surface area contributed by atoms with Crippen LogP contribution in [0.15, 0.2) is 6.07 Å². The molecule has 0 aromatic heterocycles. The second-order valence-corrected chi connectivity index (χ2v) is 12.4. The number of anilines is 1. The van der Waals surface area contributed by atoms with Crippen LogP contribution in [0, 0.1) is 5.82 Å². The standard InChI is InChI=1S/C25H37FN4O4S/c26-23-19-16-29(21-9-8-13-25(27-21)11-6-4-2-1-3-5-7-12-25)14-10-18(19)15-20(31)24(23)30-17-22(32)28-35(30,33)34/h15,21,27,31H,1-14,16-17H2,(H,28,32). The number of aromatic hydroxyl groups is 1. The van der Waals surface area contributed by atoms with E-state index in [9.17, 15) is 18.3 Å². The number of benzene rings is 1. The molecule has 8 nitrogen and oxygen atoms in total. The van der Waals surface area contributed by atoms with Crippen molar-refractivity contribution < 1.29 is 22.7 Å². The Balaban J connectivity index is 1.37. The Morgan fingerprint density at radius 2 is 1.66 bits per heavy atom. The van der Waals surface area contributed by atoms with Crippen LogP contribution >= 0.6 is 0 Å². The first-order valence-electron chi connectivity index (χ1n) is 13.2. The predicted molar refractivity (Wildman–Crippen MR) is 132 cm³/mol. The average molecular weight is 509 g/mol. The zero-order valence-corrected chi connectivity index (χ0v) is 21.1. The monoisotopic (exact) mass is 508 g/mol. The summed E-state index contributed by atoms with van der Waals surface area (Å²) < 4.78 is 42.9.